The van der Waals surface area contributed by atoms with Gasteiger partial charge in [-0.25, -0.2) is 13.2 Å². The maximum Gasteiger partial charge on any atom is 0.273 e. The molecule has 1 aromatic heterocycles. The smallest absolute Gasteiger partial charge is 0.273 e. The maximum absolute atomic E-state index is 14.6. The summed E-state index contributed by atoms with van der Waals surface area (Å²) < 4.78 is 42.3. The van der Waals surface area contributed by atoms with Gasteiger partial charge >= 0.3 is 0 Å². The van der Waals surface area contributed by atoms with E-state index in [4.69, 9.17) is 5.11 Å². The maximum atomic E-state index is 14.6. The van der Waals surface area contributed by atoms with Crippen LogP contribution in [0.5, 0.6) is 0 Å². The van der Waals surface area contributed by atoms with Gasteiger partial charge in [0.2, 0.25) is 11.8 Å². The van der Waals surface area contributed by atoms with Gasteiger partial charge in [-0.3, -0.25) is 14.3 Å². The van der Waals surface area contributed by atoms with Crippen molar-refractivity contribution < 1.29 is 33.0 Å². The van der Waals surface area contributed by atoms with Gasteiger partial charge in [0.15, 0.2) is 5.69 Å². The quantitative estimate of drug-likeness (QED) is 0.470. The second-order valence-corrected chi connectivity index (χ2v) is 9.65. The van der Waals surface area contributed by atoms with E-state index in [9.17, 15) is 27.9 Å². The Morgan fingerprint density at radius 1 is 1.30 bits per heavy atom. The van der Waals surface area contributed by atoms with Gasteiger partial charge in [0.25, 0.3) is 5.91 Å². The van der Waals surface area contributed by atoms with E-state index in [0.717, 1.165) is 0 Å². The number of aliphatic hydroxyl groups is 2. The van der Waals surface area contributed by atoms with Crippen molar-refractivity contribution in [1.82, 2.24) is 20.4 Å². The number of alkyl halides is 2. The summed E-state index contributed by atoms with van der Waals surface area (Å²) in [7, 11) is 0. The lowest BCUT2D eigenvalue weighted by Gasteiger charge is -2.34. The van der Waals surface area contributed by atoms with Crippen LogP contribution >= 0.6 is 0 Å². The van der Waals surface area contributed by atoms with Crippen molar-refractivity contribution in [3.63, 3.8) is 0 Å². The van der Waals surface area contributed by atoms with Gasteiger partial charge in [-0.15, -0.1) is 0 Å². The van der Waals surface area contributed by atoms with Crippen molar-refractivity contribution in [1.29, 1.82) is 0 Å². The molecule has 8 nitrogen and oxygen atoms in total. The largest absolute Gasteiger partial charge is 0.394 e. The van der Waals surface area contributed by atoms with E-state index < -0.39 is 47.7 Å². The summed E-state index contributed by atoms with van der Waals surface area (Å²) in [6.07, 6.45) is -1.79. The molecule has 0 radical (unpaired) electrons. The Labute approximate surface area is 189 Å². The summed E-state index contributed by atoms with van der Waals surface area (Å²) >= 11 is 0. The normalized spacial score (nSPS) is 17.9. The molecule has 2 atom stereocenters. The Bertz CT molecular complexity index is 1030. The second kappa shape index (κ2) is 9.30. The monoisotopic (exact) mass is 470 g/mol. The van der Waals surface area contributed by atoms with E-state index in [-0.39, 0.29) is 48.4 Å². The zero-order chi connectivity index (χ0) is 24.6. The van der Waals surface area contributed by atoms with Crippen LogP contribution in [0, 0.1) is 17.2 Å². The molecule has 0 bridgehead atoms. The van der Waals surface area contributed by atoms with Crippen LogP contribution in [-0.2, 0) is 11.3 Å². The standard InChI is InChI=1S/C22H29F3N4O4/c1-21(2,3)18(20(33)26-9-13(31)11-30)27-19(32)16-14-5-4-6-15(23)17(14)29(28-16)10-12-7-22(24,25)8-12/h4-6,12-13,18,30-31H,7-11H2,1-3H3,(H,26,33)(H,27,32). The molecule has 2 amide bonds. The number of aromatic nitrogens is 2. The molecule has 0 aliphatic heterocycles. The highest BCUT2D eigenvalue weighted by atomic mass is 19.3. The first kappa shape index (κ1) is 25.0. The minimum Gasteiger partial charge on any atom is -0.394 e. The molecule has 2 aromatic rings. The van der Waals surface area contributed by atoms with Crippen LogP contribution in [-0.4, -0.2) is 63.0 Å². The average Bonchev–Trinajstić information content (AvgIpc) is 3.07. The number of carbonyl (C=O) groups is 2. The van der Waals surface area contributed by atoms with E-state index in [0.29, 0.717) is 0 Å². The van der Waals surface area contributed by atoms with Crippen LogP contribution in [0.4, 0.5) is 13.2 Å². The molecule has 1 aliphatic rings. The number of para-hydroxylation sites is 1. The fourth-order valence-electron chi connectivity index (χ4n) is 3.91. The molecular weight excluding hydrogens is 441 g/mol. The number of amides is 2. The molecule has 182 valence electrons. The van der Waals surface area contributed by atoms with Gasteiger partial charge in [0, 0.05) is 31.3 Å². The molecule has 1 fully saturated rings. The van der Waals surface area contributed by atoms with Crippen LogP contribution in [0.15, 0.2) is 18.2 Å². The van der Waals surface area contributed by atoms with Gasteiger partial charge in [-0.1, -0.05) is 32.9 Å². The number of rotatable bonds is 8. The molecule has 11 heteroatoms. The number of benzene rings is 1. The predicted molar refractivity (Wildman–Crippen MR) is 114 cm³/mol. The SMILES string of the molecule is CC(C)(C)C(NC(=O)c1nn(CC2CC(F)(F)C2)c2c(F)cccc12)C(=O)NCC(O)CO. The van der Waals surface area contributed by atoms with Crippen LogP contribution in [0.1, 0.15) is 44.1 Å². The molecule has 33 heavy (non-hydrogen) atoms. The van der Waals surface area contributed by atoms with E-state index in [2.05, 4.69) is 15.7 Å². The zero-order valence-electron chi connectivity index (χ0n) is 18.7. The summed E-state index contributed by atoms with van der Waals surface area (Å²) in [5, 5.41) is 27.9. The second-order valence-electron chi connectivity index (χ2n) is 9.65. The van der Waals surface area contributed by atoms with E-state index in [1.165, 1.54) is 22.9 Å². The predicted octanol–water partition coefficient (Wildman–Crippen LogP) is 1.83. The lowest BCUT2D eigenvalue weighted by Crippen LogP contribution is -2.54. The Morgan fingerprint density at radius 3 is 2.55 bits per heavy atom. The first-order valence-corrected chi connectivity index (χ1v) is 10.7. The first-order valence-electron chi connectivity index (χ1n) is 10.7. The third-order valence-electron chi connectivity index (χ3n) is 5.67. The number of fused-ring (bicyclic) bond motifs is 1. The highest BCUT2D eigenvalue weighted by Crippen LogP contribution is 2.43. The van der Waals surface area contributed by atoms with Gasteiger partial charge < -0.3 is 20.8 Å². The molecule has 0 saturated heterocycles. The Kier molecular flexibility index (Phi) is 7.04. The Balaban J connectivity index is 1.86. The molecule has 2 unspecified atom stereocenters. The van der Waals surface area contributed by atoms with Crippen molar-refractivity contribution in [2.75, 3.05) is 13.2 Å². The van der Waals surface area contributed by atoms with Crippen LogP contribution in [0.25, 0.3) is 10.9 Å². The number of hydrogen-bond acceptors (Lipinski definition) is 5. The fraction of sp³-hybridized carbons (Fsp3) is 0.591. The third kappa shape index (κ3) is 5.64. The molecule has 1 heterocycles. The van der Waals surface area contributed by atoms with Crippen LogP contribution < -0.4 is 10.6 Å². The van der Waals surface area contributed by atoms with E-state index >= 15 is 0 Å². The first-order chi connectivity index (χ1) is 15.3. The summed E-state index contributed by atoms with van der Waals surface area (Å²) in [5.41, 5.74) is -0.806. The van der Waals surface area contributed by atoms with Gasteiger partial charge in [0.1, 0.15) is 17.4 Å². The number of carbonyl (C=O) groups excluding carboxylic acids is 2. The van der Waals surface area contributed by atoms with Crippen LogP contribution in [0.3, 0.4) is 0 Å². The topological polar surface area (TPSA) is 116 Å². The Hall–Kier alpha value is -2.66. The Morgan fingerprint density at radius 2 is 1.97 bits per heavy atom. The summed E-state index contributed by atoms with van der Waals surface area (Å²) in [6.45, 7) is 4.50. The van der Waals surface area contributed by atoms with Crippen molar-refractivity contribution in [3.8, 4) is 0 Å². The number of aliphatic hydroxyl groups excluding tert-OH is 2. The minimum atomic E-state index is -2.73. The van der Waals surface area contributed by atoms with Gasteiger partial charge in [-0.2, -0.15) is 5.10 Å². The molecule has 3 rings (SSSR count). The number of hydrogen-bond donors (Lipinski definition) is 4. The average molecular weight is 470 g/mol. The lowest BCUT2D eigenvalue weighted by molar-refractivity contribution is -0.126. The van der Waals surface area contributed by atoms with Gasteiger partial charge in [-0.05, 0) is 17.4 Å². The van der Waals surface area contributed by atoms with E-state index in [1.54, 1.807) is 20.8 Å². The number of nitrogens with one attached hydrogen (secondary N) is 2. The third-order valence-corrected chi connectivity index (χ3v) is 5.67. The lowest BCUT2D eigenvalue weighted by atomic mass is 9.81. The highest BCUT2D eigenvalue weighted by molar-refractivity contribution is 6.06. The minimum absolute atomic E-state index is 0.0423. The van der Waals surface area contributed by atoms with Crippen LogP contribution in [0.2, 0.25) is 0 Å². The number of nitrogens with zero attached hydrogens (tertiary/aromatic N) is 2. The van der Waals surface area contributed by atoms with Crippen molar-refractivity contribution in [2.24, 2.45) is 11.3 Å². The molecule has 1 saturated carbocycles. The fourth-order valence-corrected chi connectivity index (χ4v) is 3.91. The summed E-state index contributed by atoms with van der Waals surface area (Å²) in [4.78, 5) is 25.8. The van der Waals surface area contributed by atoms with Crippen molar-refractivity contribution in [3.05, 3.63) is 29.7 Å². The molecular formula is C22H29F3N4O4. The summed E-state index contributed by atoms with van der Waals surface area (Å²) in [6, 6.07) is 3.10. The molecule has 1 aliphatic carbocycles. The van der Waals surface area contributed by atoms with Crippen molar-refractivity contribution in [2.45, 2.75) is 58.2 Å². The van der Waals surface area contributed by atoms with Gasteiger partial charge in [0.05, 0.1) is 12.7 Å². The zero-order valence-corrected chi connectivity index (χ0v) is 18.7. The van der Waals surface area contributed by atoms with Crippen molar-refractivity contribution >= 4 is 22.7 Å². The molecule has 4 N–H and O–H groups in total. The molecule has 0 spiro atoms. The highest BCUT2D eigenvalue weighted by Gasteiger charge is 2.45. The van der Waals surface area contributed by atoms with E-state index in [1.807, 2.05) is 0 Å². The molecule has 1 aromatic carbocycles. The number of halogens is 3. The summed E-state index contributed by atoms with van der Waals surface area (Å²) in [5.74, 6) is -5.04.